The van der Waals surface area contributed by atoms with Crippen molar-refractivity contribution >= 4 is 38.7 Å². The lowest BCUT2D eigenvalue weighted by Crippen LogP contribution is -1.98. The molecule has 0 saturated carbocycles. The van der Waals surface area contributed by atoms with Crippen molar-refractivity contribution in [2.75, 3.05) is 16.8 Å². The van der Waals surface area contributed by atoms with Gasteiger partial charge in [-0.05, 0) is 36.4 Å². The van der Waals surface area contributed by atoms with Crippen LogP contribution in [0.25, 0.3) is 0 Å². The Morgan fingerprint density at radius 2 is 1.76 bits per heavy atom. The summed E-state index contributed by atoms with van der Waals surface area (Å²) in [6, 6.07) is 9.87. The number of rotatable bonds is 2. The molecule has 3 nitrogen and oxygen atoms in total. The van der Waals surface area contributed by atoms with Gasteiger partial charge in [0, 0.05) is 10.2 Å². The summed E-state index contributed by atoms with van der Waals surface area (Å²) in [6.07, 6.45) is 0. The highest BCUT2D eigenvalue weighted by Crippen LogP contribution is 2.26. The Bertz CT molecular complexity index is 557. The molecular formula is C12H11BrFN3. The largest absolute Gasteiger partial charge is 0.397 e. The fourth-order valence-electron chi connectivity index (χ4n) is 1.40. The van der Waals surface area contributed by atoms with Crippen LogP contribution in [-0.2, 0) is 0 Å². The van der Waals surface area contributed by atoms with Gasteiger partial charge in [-0.25, -0.2) is 4.39 Å². The Balaban J connectivity index is 2.28. The van der Waals surface area contributed by atoms with Crippen LogP contribution < -0.4 is 16.8 Å². The molecule has 5 N–H and O–H groups in total. The summed E-state index contributed by atoms with van der Waals surface area (Å²) in [7, 11) is 0. The molecule has 0 aliphatic heterocycles. The summed E-state index contributed by atoms with van der Waals surface area (Å²) in [5.74, 6) is -0.338. The van der Waals surface area contributed by atoms with E-state index in [4.69, 9.17) is 11.5 Å². The second kappa shape index (κ2) is 4.63. The first kappa shape index (κ1) is 11.7. The Kier molecular flexibility index (Phi) is 3.19. The van der Waals surface area contributed by atoms with Gasteiger partial charge in [-0.1, -0.05) is 15.9 Å². The van der Waals surface area contributed by atoms with Gasteiger partial charge in [0.15, 0.2) is 0 Å². The van der Waals surface area contributed by atoms with Crippen molar-refractivity contribution in [2.24, 2.45) is 0 Å². The molecule has 0 unspecified atom stereocenters. The summed E-state index contributed by atoms with van der Waals surface area (Å²) >= 11 is 3.20. The predicted molar refractivity (Wildman–Crippen MR) is 72.6 cm³/mol. The lowest BCUT2D eigenvalue weighted by Gasteiger charge is -2.09. The van der Waals surface area contributed by atoms with Crippen molar-refractivity contribution in [1.29, 1.82) is 0 Å². The summed E-state index contributed by atoms with van der Waals surface area (Å²) in [5, 5.41) is 2.94. The number of nitrogen functional groups attached to an aromatic ring is 2. The van der Waals surface area contributed by atoms with E-state index in [2.05, 4.69) is 21.2 Å². The third kappa shape index (κ3) is 2.68. The van der Waals surface area contributed by atoms with Crippen molar-refractivity contribution in [3.63, 3.8) is 0 Å². The molecule has 0 saturated heterocycles. The van der Waals surface area contributed by atoms with Crippen molar-refractivity contribution in [3.8, 4) is 0 Å². The molecule has 5 heteroatoms. The van der Waals surface area contributed by atoms with E-state index in [0.717, 1.165) is 0 Å². The topological polar surface area (TPSA) is 64.1 Å². The van der Waals surface area contributed by atoms with Crippen molar-refractivity contribution in [2.45, 2.75) is 0 Å². The number of hydrogen-bond acceptors (Lipinski definition) is 3. The maximum atomic E-state index is 13.6. The van der Waals surface area contributed by atoms with Crippen molar-refractivity contribution < 1.29 is 4.39 Å². The third-order valence-electron chi connectivity index (χ3n) is 2.30. The van der Waals surface area contributed by atoms with Crippen LogP contribution in [0.4, 0.5) is 27.1 Å². The fraction of sp³-hybridized carbons (Fsp3) is 0. The van der Waals surface area contributed by atoms with Gasteiger partial charge in [0.2, 0.25) is 0 Å². The highest BCUT2D eigenvalue weighted by atomic mass is 79.9. The van der Waals surface area contributed by atoms with Gasteiger partial charge in [0.05, 0.1) is 17.1 Å². The predicted octanol–water partition coefficient (Wildman–Crippen LogP) is 3.50. The molecule has 88 valence electrons. The normalized spacial score (nSPS) is 10.2. The maximum absolute atomic E-state index is 13.6. The van der Waals surface area contributed by atoms with E-state index in [1.54, 1.807) is 30.3 Å². The number of halogens is 2. The standard InChI is InChI=1S/C12H11BrFN3/c13-7-1-4-12(9(14)5-7)17-8-2-3-10(15)11(16)6-8/h1-6,17H,15-16H2. The summed E-state index contributed by atoms with van der Waals surface area (Å²) < 4.78 is 14.3. The monoisotopic (exact) mass is 295 g/mol. The minimum atomic E-state index is -0.338. The molecule has 2 aromatic carbocycles. The van der Waals surface area contributed by atoms with Gasteiger partial charge in [-0.3, -0.25) is 0 Å². The number of anilines is 4. The van der Waals surface area contributed by atoms with Gasteiger partial charge in [-0.15, -0.1) is 0 Å². The first-order valence-electron chi connectivity index (χ1n) is 4.93. The van der Waals surface area contributed by atoms with Crippen LogP contribution in [0.1, 0.15) is 0 Å². The minimum Gasteiger partial charge on any atom is -0.397 e. The maximum Gasteiger partial charge on any atom is 0.147 e. The van der Waals surface area contributed by atoms with Crippen LogP contribution in [0.2, 0.25) is 0 Å². The Morgan fingerprint density at radius 3 is 2.41 bits per heavy atom. The Morgan fingerprint density at radius 1 is 1.00 bits per heavy atom. The average molecular weight is 296 g/mol. The van der Waals surface area contributed by atoms with E-state index in [9.17, 15) is 4.39 Å². The molecule has 0 spiro atoms. The molecule has 0 aliphatic rings. The van der Waals surface area contributed by atoms with E-state index < -0.39 is 0 Å². The number of nitrogens with two attached hydrogens (primary N) is 2. The Hall–Kier alpha value is -1.75. The molecule has 2 aromatic rings. The molecule has 0 atom stereocenters. The highest BCUT2D eigenvalue weighted by Gasteiger charge is 2.04. The van der Waals surface area contributed by atoms with E-state index >= 15 is 0 Å². The molecule has 2 rings (SSSR count). The zero-order valence-corrected chi connectivity index (χ0v) is 10.5. The number of benzene rings is 2. The molecule has 0 fully saturated rings. The van der Waals surface area contributed by atoms with E-state index in [0.29, 0.717) is 27.2 Å². The van der Waals surface area contributed by atoms with Crippen LogP contribution in [0.15, 0.2) is 40.9 Å². The zero-order chi connectivity index (χ0) is 12.4. The highest BCUT2D eigenvalue weighted by molar-refractivity contribution is 9.10. The second-order valence-corrected chi connectivity index (χ2v) is 4.51. The summed E-state index contributed by atoms with van der Waals surface area (Å²) in [5.41, 5.74) is 13.3. The third-order valence-corrected chi connectivity index (χ3v) is 2.79. The Labute approximate surface area is 107 Å². The van der Waals surface area contributed by atoms with Crippen molar-refractivity contribution in [3.05, 3.63) is 46.7 Å². The van der Waals surface area contributed by atoms with Crippen molar-refractivity contribution in [1.82, 2.24) is 0 Å². The zero-order valence-electron chi connectivity index (χ0n) is 8.87. The number of nitrogens with one attached hydrogen (secondary N) is 1. The van der Waals surface area contributed by atoms with Crippen LogP contribution in [0.5, 0.6) is 0 Å². The average Bonchev–Trinajstić information content (AvgIpc) is 2.27. The first-order chi connectivity index (χ1) is 8.06. The molecule has 0 bridgehead atoms. The van der Waals surface area contributed by atoms with Crippen LogP contribution >= 0.6 is 15.9 Å². The van der Waals surface area contributed by atoms with E-state index in [1.165, 1.54) is 6.07 Å². The van der Waals surface area contributed by atoms with Gasteiger partial charge >= 0.3 is 0 Å². The van der Waals surface area contributed by atoms with E-state index in [1.807, 2.05) is 0 Å². The molecule has 17 heavy (non-hydrogen) atoms. The fourth-order valence-corrected chi connectivity index (χ4v) is 1.73. The lowest BCUT2D eigenvalue weighted by molar-refractivity contribution is 0.631. The molecular weight excluding hydrogens is 285 g/mol. The summed E-state index contributed by atoms with van der Waals surface area (Å²) in [6.45, 7) is 0. The molecule has 0 heterocycles. The van der Waals surface area contributed by atoms with Gasteiger partial charge in [0.1, 0.15) is 5.82 Å². The molecule has 0 aliphatic carbocycles. The van der Waals surface area contributed by atoms with E-state index in [-0.39, 0.29) is 5.82 Å². The quantitative estimate of drug-likeness (QED) is 0.743. The van der Waals surface area contributed by atoms with Gasteiger partial charge in [0.25, 0.3) is 0 Å². The SMILES string of the molecule is Nc1ccc(Nc2ccc(Br)cc2F)cc1N. The molecule has 0 aromatic heterocycles. The number of hydrogen-bond donors (Lipinski definition) is 3. The van der Waals surface area contributed by atoms with Gasteiger partial charge < -0.3 is 16.8 Å². The van der Waals surface area contributed by atoms with Crippen LogP contribution in [0, 0.1) is 5.82 Å². The molecule has 0 amide bonds. The minimum absolute atomic E-state index is 0.338. The van der Waals surface area contributed by atoms with Crippen LogP contribution in [-0.4, -0.2) is 0 Å². The van der Waals surface area contributed by atoms with Crippen LogP contribution in [0.3, 0.4) is 0 Å². The molecule has 0 radical (unpaired) electrons. The second-order valence-electron chi connectivity index (χ2n) is 3.59. The first-order valence-corrected chi connectivity index (χ1v) is 5.72. The summed E-state index contributed by atoms with van der Waals surface area (Å²) in [4.78, 5) is 0. The smallest absolute Gasteiger partial charge is 0.147 e. The lowest BCUT2D eigenvalue weighted by atomic mass is 10.2. The van der Waals surface area contributed by atoms with Gasteiger partial charge in [-0.2, -0.15) is 0 Å².